The molecular formula is C13H18BrNO2. The van der Waals surface area contributed by atoms with Crippen LogP contribution in [0.1, 0.15) is 37.8 Å². The van der Waals surface area contributed by atoms with Gasteiger partial charge in [-0.05, 0) is 52.4 Å². The second-order valence-electron chi connectivity index (χ2n) is 4.83. The second kappa shape index (κ2) is 4.86. The molecule has 1 aliphatic heterocycles. The molecule has 0 aromatic heterocycles. The maximum Gasteiger partial charge on any atom is 0.231 e. The molecule has 1 unspecified atom stereocenters. The van der Waals surface area contributed by atoms with Gasteiger partial charge in [0.25, 0.3) is 0 Å². The topological polar surface area (TPSA) is 44.5 Å². The van der Waals surface area contributed by atoms with Crippen LogP contribution >= 0.6 is 15.9 Å². The van der Waals surface area contributed by atoms with Gasteiger partial charge in [0.05, 0.1) is 4.47 Å². The molecule has 1 aromatic rings. The zero-order valence-corrected chi connectivity index (χ0v) is 12.0. The van der Waals surface area contributed by atoms with E-state index in [4.69, 9.17) is 15.2 Å². The third-order valence-corrected chi connectivity index (χ3v) is 3.64. The van der Waals surface area contributed by atoms with Crippen molar-refractivity contribution in [1.29, 1.82) is 0 Å². The third-order valence-electron chi connectivity index (χ3n) is 2.85. The summed E-state index contributed by atoms with van der Waals surface area (Å²) in [5, 5.41) is 0. The first-order valence-corrected chi connectivity index (χ1v) is 6.66. The molecule has 0 radical (unpaired) electrons. The van der Waals surface area contributed by atoms with Crippen molar-refractivity contribution in [1.82, 2.24) is 0 Å². The highest BCUT2D eigenvalue weighted by molar-refractivity contribution is 9.10. The Morgan fingerprint density at radius 1 is 1.35 bits per heavy atom. The molecule has 94 valence electrons. The number of hydrogen-bond donors (Lipinski definition) is 1. The Morgan fingerprint density at radius 2 is 2.06 bits per heavy atom. The summed E-state index contributed by atoms with van der Waals surface area (Å²) in [6.45, 7) is 6.66. The second-order valence-corrected chi connectivity index (χ2v) is 5.63. The van der Waals surface area contributed by atoms with E-state index in [2.05, 4.69) is 35.8 Å². The minimum Gasteiger partial charge on any atom is -0.454 e. The van der Waals surface area contributed by atoms with E-state index >= 15 is 0 Å². The lowest BCUT2D eigenvalue weighted by molar-refractivity contribution is 0.173. The highest BCUT2D eigenvalue weighted by atomic mass is 79.9. The molecule has 17 heavy (non-hydrogen) atoms. The van der Waals surface area contributed by atoms with Crippen LogP contribution in [0.4, 0.5) is 0 Å². The first-order chi connectivity index (χ1) is 8.00. The van der Waals surface area contributed by atoms with Crippen LogP contribution < -0.4 is 15.2 Å². The monoisotopic (exact) mass is 299 g/mol. The molecule has 0 bridgehead atoms. The number of fused-ring (bicyclic) bond motifs is 1. The minimum atomic E-state index is 0.139. The number of benzene rings is 1. The van der Waals surface area contributed by atoms with Crippen LogP contribution in [0.2, 0.25) is 0 Å². The van der Waals surface area contributed by atoms with Crippen molar-refractivity contribution in [2.24, 2.45) is 5.73 Å². The fraction of sp³-hybridized carbons (Fsp3) is 0.538. The summed E-state index contributed by atoms with van der Waals surface area (Å²) in [6.07, 6.45) is 0.850. The van der Waals surface area contributed by atoms with E-state index in [1.54, 1.807) is 0 Å². The molecule has 4 heteroatoms. The summed E-state index contributed by atoms with van der Waals surface area (Å²) in [5.74, 6) is 2.06. The minimum absolute atomic E-state index is 0.139. The van der Waals surface area contributed by atoms with E-state index in [1.807, 2.05) is 6.92 Å². The zero-order chi connectivity index (χ0) is 12.6. The van der Waals surface area contributed by atoms with Crippen LogP contribution in [0.5, 0.6) is 11.5 Å². The lowest BCUT2D eigenvalue weighted by Crippen LogP contribution is -2.19. The highest BCUT2D eigenvalue weighted by Crippen LogP contribution is 2.45. The molecule has 0 amide bonds. The number of halogens is 1. The molecule has 1 aliphatic rings. The first kappa shape index (κ1) is 12.7. The fourth-order valence-corrected chi connectivity index (χ4v) is 3.23. The molecule has 2 rings (SSSR count). The van der Waals surface area contributed by atoms with Crippen molar-refractivity contribution < 1.29 is 9.47 Å². The Kier molecular flexibility index (Phi) is 3.64. The molecule has 1 aromatic carbocycles. The molecule has 1 heterocycles. The molecular weight excluding hydrogens is 282 g/mol. The zero-order valence-electron chi connectivity index (χ0n) is 10.4. The number of rotatable bonds is 3. The van der Waals surface area contributed by atoms with Gasteiger partial charge in [0.2, 0.25) is 6.79 Å². The normalized spacial score (nSPS) is 15.4. The summed E-state index contributed by atoms with van der Waals surface area (Å²) in [5.41, 5.74) is 8.41. The van der Waals surface area contributed by atoms with Crippen molar-refractivity contribution in [2.75, 3.05) is 6.79 Å². The maximum absolute atomic E-state index is 5.90. The van der Waals surface area contributed by atoms with Crippen LogP contribution in [-0.2, 0) is 6.42 Å². The lowest BCUT2D eigenvalue weighted by atomic mass is 9.93. The molecule has 1 atom stereocenters. The average Bonchev–Trinajstić information content (AvgIpc) is 2.64. The summed E-state index contributed by atoms with van der Waals surface area (Å²) < 4.78 is 11.9. The summed E-state index contributed by atoms with van der Waals surface area (Å²) in [6, 6.07) is 2.20. The smallest absolute Gasteiger partial charge is 0.231 e. The average molecular weight is 300 g/mol. The quantitative estimate of drug-likeness (QED) is 0.932. The first-order valence-electron chi connectivity index (χ1n) is 5.87. The van der Waals surface area contributed by atoms with Crippen molar-refractivity contribution in [3.8, 4) is 11.5 Å². The van der Waals surface area contributed by atoms with Gasteiger partial charge in [0.1, 0.15) is 0 Å². The van der Waals surface area contributed by atoms with Crippen molar-refractivity contribution in [3.05, 3.63) is 21.7 Å². The maximum atomic E-state index is 5.90. The van der Waals surface area contributed by atoms with Gasteiger partial charge in [0, 0.05) is 6.04 Å². The Labute approximate surface area is 110 Å². The molecule has 0 aliphatic carbocycles. The SMILES string of the molecule is CC(N)Cc1cc2c(c(Br)c1C(C)C)OCO2. The van der Waals surface area contributed by atoms with Gasteiger partial charge in [-0.2, -0.15) is 0 Å². The Balaban J connectivity index is 2.53. The molecule has 0 fully saturated rings. The van der Waals surface area contributed by atoms with E-state index in [1.165, 1.54) is 11.1 Å². The van der Waals surface area contributed by atoms with Crippen LogP contribution in [0.25, 0.3) is 0 Å². The van der Waals surface area contributed by atoms with Crippen molar-refractivity contribution in [3.63, 3.8) is 0 Å². The Morgan fingerprint density at radius 3 is 2.65 bits per heavy atom. The Hall–Kier alpha value is -0.740. The van der Waals surface area contributed by atoms with Gasteiger partial charge in [-0.25, -0.2) is 0 Å². The largest absolute Gasteiger partial charge is 0.454 e. The van der Waals surface area contributed by atoms with Gasteiger partial charge >= 0.3 is 0 Å². The molecule has 0 saturated carbocycles. The van der Waals surface area contributed by atoms with Crippen LogP contribution in [-0.4, -0.2) is 12.8 Å². The number of ether oxygens (including phenoxy) is 2. The molecule has 2 N–H and O–H groups in total. The van der Waals surface area contributed by atoms with Crippen molar-refractivity contribution in [2.45, 2.75) is 39.2 Å². The van der Waals surface area contributed by atoms with Gasteiger partial charge in [0.15, 0.2) is 11.5 Å². The summed E-state index contributed by atoms with van der Waals surface area (Å²) in [4.78, 5) is 0. The van der Waals surface area contributed by atoms with E-state index < -0.39 is 0 Å². The number of nitrogens with two attached hydrogens (primary N) is 1. The van der Waals surface area contributed by atoms with Crippen LogP contribution in [0.3, 0.4) is 0 Å². The predicted octanol–water partition coefficient (Wildman–Crippen LogP) is 3.19. The summed E-state index contributed by atoms with van der Waals surface area (Å²) in [7, 11) is 0. The van der Waals surface area contributed by atoms with E-state index in [0.717, 1.165) is 22.4 Å². The standard InChI is InChI=1S/C13H18BrNO2/c1-7(2)11-9(4-8(3)15)5-10-13(12(11)14)17-6-16-10/h5,7-8H,4,6,15H2,1-3H3. The van der Waals surface area contributed by atoms with E-state index in [0.29, 0.717) is 12.7 Å². The van der Waals surface area contributed by atoms with Gasteiger partial charge in [-0.1, -0.05) is 13.8 Å². The Bertz CT molecular complexity index is 430. The predicted molar refractivity (Wildman–Crippen MR) is 71.7 cm³/mol. The van der Waals surface area contributed by atoms with Crippen molar-refractivity contribution >= 4 is 15.9 Å². The van der Waals surface area contributed by atoms with Gasteiger partial charge in [-0.3, -0.25) is 0 Å². The van der Waals surface area contributed by atoms with E-state index in [9.17, 15) is 0 Å². The lowest BCUT2D eigenvalue weighted by Gasteiger charge is -2.18. The highest BCUT2D eigenvalue weighted by Gasteiger charge is 2.24. The van der Waals surface area contributed by atoms with Gasteiger partial charge in [-0.15, -0.1) is 0 Å². The molecule has 0 spiro atoms. The third kappa shape index (κ3) is 2.43. The van der Waals surface area contributed by atoms with E-state index in [-0.39, 0.29) is 6.04 Å². The molecule has 0 saturated heterocycles. The van der Waals surface area contributed by atoms with Crippen LogP contribution in [0.15, 0.2) is 10.5 Å². The summed E-state index contributed by atoms with van der Waals surface area (Å²) >= 11 is 3.63. The van der Waals surface area contributed by atoms with Crippen LogP contribution in [0, 0.1) is 0 Å². The van der Waals surface area contributed by atoms with Gasteiger partial charge < -0.3 is 15.2 Å². The molecule has 3 nitrogen and oxygen atoms in total. The number of hydrogen-bond acceptors (Lipinski definition) is 3. The fourth-order valence-electron chi connectivity index (χ4n) is 2.21.